The lowest BCUT2D eigenvalue weighted by atomic mass is 10.4. The van der Waals surface area contributed by atoms with Gasteiger partial charge in [-0.3, -0.25) is 0 Å². The summed E-state index contributed by atoms with van der Waals surface area (Å²) in [6.45, 7) is -1.42. The molecule has 0 bridgehead atoms. The van der Waals surface area contributed by atoms with Crippen LogP contribution in [0.5, 0.6) is 11.6 Å². The molecule has 0 fully saturated rings. The number of ether oxygens (including phenoxy) is 2. The average molecular weight is 242 g/mol. The van der Waals surface area contributed by atoms with Gasteiger partial charge < -0.3 is 9.47 Å². The van der Waals surface area contributed by atoms with E-state index in [0.29, 0.717) is 5.75 Å². The fraction of sp³-hybridized carbons (Fsp3) is 0.375. The second-order valence-electron chi connectivity index (χ2n) is 2.57. The van der Waals surface area contributed by atoms with Crippen molar-refractivity contribution in [3.63, 3.8) is 0 Å². The molecule has 0 N–H and O–H groups in total. The Kier molecular flexibility index (Phi) is 3.62. The summed E-state index contributed by atoms with van der Waals surface area (Å²) in [4.78, 5) is 3.57. The minimum absolute atomic E-state index is 0.0291. The zero-order chi connectivity index (χ0) is 11.5. The van der Waals surface area contributed by atoms with Crippen LogP contribution in [0.25, 0.3) is 0 Å². The van der Waals surface area contributed by atoms with E-state index < -0.39 is 12.8 Å². The van der Waals surface area contributed by atoms with Crippen LogP contribution < -0.4 is 9.47 Å². The van der Waals surface area contributed by atoms with E-state index >= 15 is 0 Å². The van der Waals surface area contributed by atoms with Crippen molar-refractivity contribution in [1.82, 2.24) is 4.98 Å². The number of alkyl halides is 3. The highest BCUT2D eigenvalue weighted by molar-refractivity contribution is 6.31. The Morgan fingerprint density at radius 3 is 2.60 bits per heavy atom. The van der Waals surface area contributed by atoms with E-state index in [4.69, 9.17) is 16.3 Å². The van der Waals surface area contributed by atoms with Gasteiger partial charge in [-0.15, -0.1) is 0 Å². The Morgan fingerprint density at radius 1 is 1.47 bits per heavy atom. The molecule has 0 amide bonds. The molecule has 7 heteroatoms. The fourth-order valence-electron chi connectivity index (χ4n) is 0.776. The normalized spacial score (nSPS) is 11.3. The molecule has 0 aliphatic heterocycles. The highest BCUT2D eigenvalue weighted by atomic mass is 35.5. The third-order valence-electron chi connectivity index (χ3n) is 1.39. The highest BCUT2D eigenvalue weighted by Crippen LogP contribution is 2.27. The molecule has 0 saturated carbocycles. The highest BCUT2D eigenvalue weighted by Gasteiger charge is 2.29. The van der Waals surface area contributed by atoms with Gasteiger partial charge in [0.1, 0.15) is 10.8 Å². The molecule has 0 atom stereocenters. The maximum Gasteiger partial charge on any atom is 0.422 e. The van der Waals surface area contributed by atoms with Gasteiger partial charge in [-0.05, 0) is 0 Å². The van der Waals surface area contributed by atoms with Crippen molar-refractivity contribution in [2.45, 2.75) is 6.18 Å². The molecule has 1 heterocycles. The summed E-state index contributed by atoms with van der Waals surface area (Å²) in [7, 11) is 1.39. The number of hydrogen-bond donors (Lipinski definition) is 0. The van der Waals surface area contributed by atoms with Crippen LogP contribution in [0.3, 0.4) is 0 Å². The van der Waals surface area contributed by atoms with Crippen LogP contribution in [0.15, 0.2) is 12.3 Å². The van der Waals surface area contributed by atoms with Crippen molar-refractivity contribution in [2.24, 2.45) is 0 Å². The average Bonchev–Trinajstić information content (AvgIpc) is 2.14. The number of nitrogens with zero attached hydrogens (tertiary/aromatic N) is 1. The van der Waals surface area contributed by atoms with Gasteiger partial charge in [-0.25, -0.2) is 4.98 Å². The van der Waals surface area contributed by atoms with E-state index in [2.05, 4.69) is 9.72 Å². The van der Waals surface area contributed by atoms with E-state index in [1.807, 2.05) is 0 Å². The maximum atomic E-state index is 11.8. The summed E-state index contributed by atoms with van der Waals surface area (Å²) in [6, 6.07) is 1.32. The second kappa shape index (κ2) is 4.57. The first-order valence-electron chi connectivity index (χ1n) is 3.81. The number of halogens is 4. The van der Waals surface area contributed by atoms with E-state index in [9.17, 15) is 13.2 Å². The molecule has 0 radical (unpaired) electrons. The van der Waals surface area contributed by atoms with Gasteiger partial charge >= 0.3 is 6.18 Å². The van der Waals surface area contributed by atoms with Crippen molar-refractivity contribution < 1.29 is 22.6 Å². The Hall–Kier alpha value is -1.17. The lowest BCUT2D eigenvalue weighted by molar-refractivity contribution is -0.154. The lowest BCUT2D eigenvalue weighted by Crippen LogP contribution is -2.19. The van der Waals surface area contributed by atoms with E-state index in [-0.39, 0.29) is 10.9 Å². The molecule has 0 aromatic carbocycles. The van der Waals surface area contributed by atoms with Crippen LogP contribution in [-0.4, -0.2) is 24.9 Å². The smallest absolute Gasteiger partial charge is 0.422 e. The van der Waals surface area contributed by atoms with E-state index in [1.165, 1.54) is 19.4 Å². The number of methoxy groups -OCH3 is 1. The topological polar surface area (TPSA) is 31.4 Å². The molecular formula is C8H7ClF3NO2. The molecule has 1 aromatic heterocycles. The summed E-state index contributed by atoms with van der Waals surface area (Å²) in [5.74, 6) is 0.0779. The van der Waals surface area contributed by atoms with Gasteiger partial charge in [0.25, 0.3) is 0 Å². The van der Waals surface area contributed by atoms with Crippen LogP contribution >= 0.6 is 11.6 Å². The van der Waals surface area contributed by atoms with Gasteiger partial charge in [0, 0.05) is 6.07 Å². The van der Waals surface area contributed by atoms with Gasteiger partial charge in [0.15, 0.2) is 6.61 Å². The van der Waals surface area contributed by atoms with E-state index in [0.717, 1.165) is 0 Å². The molecule has 15 heavy (non-hydrogen) atoms. The van der Waals surface area contributed by atoms with Crippen molar-refractivity contribution >= 4 is 11.6 Å². The second-order valence-corrected chi connectivity index (χ2v) is 2.97. The molecule has 0 aliphatic rings. The minimum atomic E-state index is -4.41. The van der Waals surface area contributed by atoms with Crippen LogP contribution in [-0.2, 0) is 0 Å². The van der Waals surface area contributed by atoms with Gasteiger partial charge in [-0.2, -0.15) is 13.2 Å². The number of pyridine rings is 1. The predicted molar refractivity (Wildman–Crippen MR) is 47.3 cm³/mol. The minimum Gasteiger partial charge on any atom is -0.495 e. The van der Waals surface area contributed by atoms with E-state index in [1.54, 1.807) is 0 Å². The summed E-state index contributed by atoms with van der Waals surface area (Å²) >= 11 is 5.60. The standard InChI is InChI=1S/C8H7ClF3NO2/c1-14-5-2-6(9)7(13-3-5)15-4-8(10,11)12/h2-3H,4H2,1H3. The molecule has 3 nitrogen and oxygen atoms in total. The molecular weight excluding hydrogens is 235 g/mol. The van der Waals surface area contributed by atoms with Crippen molar-refractivity contribution in [3.05, 3.63) is 17.3 Å². The van der Waals surface area contributed by atoms with Crippen LogP contribution in [0, 0.1) is 0 Å². The zero-order valence-electron chi connectivity index (χ0n) is 7.64. The third kappa shape index (κ3) is 3.83. The molecule has 0 aliphatic carbocycles. The Labute approximate surface area is 88.8 Å². The van der Waals surface area contributed by atoms with Crippen molar-refractivity contribution in [1.29, 1.82) is 0 Å². The Morgan fingerprint density at radius 2 is 2.13 bits per heavy atom. The SMILES string of the molecule is COc1cnc(OCC(F)(F)F)c(Cl)c1. The number of hydrogen-bond acceptors (Lipinski definition) is 3. The summed E-state index contributed by atoms with van der Waals surface area (Å²) in [6.07, 6.45) is -3.19. The molecule has 1 aromatic rings. The first kappa shape index (κ1) is 11.9. The molecule has 1 rings (SSSR count). The van der Waals surface area contributed by atoms with Gasteiger partial charge in [0.2, 0.25) is 5.88 Å². The van der Waals surface area contributed by atoms with Crippen LogP contribution in [0.1, 0.15) is 0 Å². The number of aromatic nitrogens is 1. The monoisotopic (exact) mass is 241 g/mol. The molecule has 0 spiro atoms. The Balaban J connectivity index is 2.70. The van der Waals surface area contributed by atoms with Crippen LogP contribution in [0.4, 0.5) is 13.2 Å². The first-order valence-corrected chi connectivity index (χ1v) is 4.19. The largest absolute Gasteiger partial charge is 0.495 e. The zero-order valence-corrected chi connectivity index (χ0v) is 8.39. The summed E-state index contributed by atoms with van der Waals surface area (Å²) in [5.41, 5.74) is 0. The molecule has 0 unspecified atom stereocenters. The maximum absolute atomic E-state index is 11.8. The van der Waals surface area contributed by atoms with Gasteiger partial charge in [-0.1, -0.05) is 11.6 Å². The quantitative estimate of drug-likeness (QED) is 0.815. The van der Waals surface area contributed by atoms with Crippen molar-refractivity contribution in [3.8, 4) is 11.6 Å². The predicted octanol–water partition coefficient (Wildman–Crippen LogP) is 2.68. The third-order valence-corrected chi connectivity index (χ3v) is 1.66. The lowest BCUT2D eigenvalue weighted by Gasteiger charge is -2.09. The Bertz CT molecular complexity index is 343. The first-order chi connectivity index (χ1) is 6.92. The van der Waals surface area contributed by atoms with Crippen molar-refractivity contribution in [2.75, 3.05) is 13.7 Å². The summed E-state index contributed by atoms with van der Waals surface area (Å²) < 4.78 is 44.5. The molecule has 84 valence electrons. The number of rotatable bonds is 3. The summed E-state index contributed by atoms with van der Waals surface area (Å²) in [5, 5.41) is -0.0291. The van der Waals surface area contributed by atoms with Gasteiger partial charge in [0.05, 0.1) is 13.3 Å². The molecule has 0 saturated heterocycles. The fourth-order valence-corrected chi connectivity index (χ4v) is 0.987. The van der Waals surface area contributed by atoms with Crippen LogP contribution in [0.2, 0.25) is 5.02 Å².